The van der Waals surface area contributed by atoms with E-state index in [0.29, 0.717) is 5.76 Å². The third-order valence-electron chi connectivity index (χ3n) is 2.74. The van der Waals surface area contributed by atoms with Gasteiger partial charge in [-0.1, -0.05) is 13.8 Å². The molecule has 0 aliphatic rings. The van der Waals surface area contributed by atoms with Gasteiger partial charge in [0, 0.05) is 18.3 Å². The summed E-state index contributed by atoms with van der Waals surface area (Å²) in [4.78, 5) is 19.4. The summed E-state index contributed by atoms with van der Waals surface area (Å²) in [5, 5.41) is 3.81. The molecule has 21 heavy (non-hydrogen) atoms. The number of carbonyl (C=O) groups is 1. The lowest BCUT2D eigenvalue weighted by molar-refractivity contribution is -0.144. The molecule has 7 nitrogen and oxygen atoms in total. The molecule has 2 rings (SSSR count). The van der Waals surface area contributed by atoms with Gasteiger partial charge in [-0.3, -0.25) is 4.79 Å². The average Bonchev–Trinajstić information content (AvgIpc) is 2.86. The number of nitrogens with zero attached hydrogens (tertiary/aromatic N) is 3. The van der Waals surface area contributed by atoms with E-state index >= 15 is 0 Å². The van der Waals surface area contributed by atoms with E-state index in [1.54, 1.807) is 0 Å². The molecule has 0 aliphatic heterocycles. The first-order valence-corrected chi connectivity index (χ1v) is 6.60. The average molecular weight is 312 g/mol. The molecule has 0 aliphatic carbocycles. The fourth-order valence-corrected chi connectivity index (χ4v) is 1.93. The summed E-state index contributed by atoms with van der Waals surface area (Å²) in [6, 6.07) is 3.05. The van der Waals surface area contributed by atoms with Crippen LogP contribution in [-0.2, 0) is 9.53 Å². The number of ether oxygens (including phenoxy) is 2. The molecular weight excluding hydrogens is 298 g/mol. The van der Waals surface area contributed by atoms with Crippen LogP contribution < -0.4 is 4.74 Å². The SMILES string of the molecule is COC(=O)C(c1cc(Oc2ccnc(Cl)n2)no1)C(C)C. The minimum absolute atomic E-state index is 0.00764. The zero-order valence-corrected chi connectivity index (χ0v) is 12.5. The Bertz CT molecular complexity index is 629. The molecule has 0 saturated heterocycles. The van der Waals surface area contributed by atoms with Gasteiger partial charge in [0.25, 0.3) is 5.88 Å². The number of hydrogen-bond acceptors (Lipinski definition) is 7. The highest BCUT2D eigenvalue weighted by atomic mass is 35.5. The highest BCUT2D eigenvalue weighted by molar-refractivity contribution is 6.28. The summed E-state index contributed by atoms with van der Waals surface area (Å²) >= 11 is 5.66. The van der Waals surface area contributed by atoms with Crippen LogP contribution in [0.15, 0.2) is 22.9 Å². The first kappa shape index (κ1) is 15.2. The summed E-state index contributed by atoms with van der Waals surface area (Å²) < 4.78 is 15.3. The second kappa shape index (κ2) is 6.53. The molecule has 2 aromatic heterocycles. The van der Waals surface area contributed by atoms with Gasteiger partial charge in [-0.2, -0.15) is 4.98 Å². The molecule has 2 aromatic rings. The summed E-state index contributed by atoms with van der Waals surface area (Å²) in [6.07, 6.45) is 1.46. The first-order chi connectivity index (χ1) is 10.0. The van der Waals surface area contributed by atoms with Gasteiger partial charge in [0.1, 0.15) is 5.92 Å². The molecule has 0 radical (unpaired) electrons. The minimum Gasteiger partial charge on any atom is -0.468 e. The van der Waals surface area contributed by atoms with Gasteiger partial charge >= 0.3 is 5.97 Å². The van der Waals surface area contributed by atoms with E-state index in [1.807, 2.05) is 13.8 Å². The standard InChI is InChI=1S/C13H14ClN3O4/c1-7(2)11(12(18)19-3)8-6-10(17-21-8)20-9-4-5-15-13(14)16-9/h4-7,11H,1-3H3. The maximum Gasteiger partial charge on any atom is 0.316 e. The van der Waals surface area contributed by atoms with Crippen molar-refractivity contribution in [2.24, 2.45) is 5.92 Å². The predicted molar refractivity (Wildman–Crippen MR) is 73.2 cm³/mol. The normalized spacial score (nSPS) is 12.2. The molecule has 112 valence electrons. The van der Waals surface area contributed by atoms with Crippen molar-refractivity contribution in [3.05, 3.63) is 29.4 Å². The van der Waals surface area contributed by atoms with Crippen molar-refractivity contribution >= 4 is 17.6 Å². The van der Waals surface area contributed by atoms with Crippen molar-refractivity contribution in [3.8, 4) is 11.8 Å². The third kappa shape index (κ3) is 3.69. The number of aromatic nitrogens is 3. The number of hydrogen-bond donors (Lipinski definition) is 0. The molecule has 0 aromatic carbocycles. The van der Waals surface area contributed by atoms with Gasteiger partial charge in [0.2, 0.25) is 11.2 Å². The number of methoxy groups -OCH3 is 1. The van der Waals surface area contributed by atoms with Crippen LogP contribution in [-0.4, -0.2) is 28.2 Å². The van der Waals surface area contributed by atoms with Crippen molar-refractivity contribution in [3.63, 3.8) is 0 Å². The zero-order chi connectivity index (χ0) is 15.4. The molecule has 0 N–H and O–H groups in total. The molecule has 1 atom stereocenters. The molecule has 8 heteroatoms. The Morgan fingerprint density at radius 2 is 2.14 bits per heavy atom. The monoisotopic (exact) mass is 311 g/mol. The predicted octanol–water partition coefficient (Wildman–Crippen LogP) is 2.82. The van der Waals surface area contributed by atoms with Gasteiger partial charge in [-0.25, -0.2) is 4.98 Å². The molecule has 0 bridgehead atoms. The Morgan fingerprint density at radius 1 is 1.38 bits per heavy atom. The Kier molecular flexibility index (Phi) is 4.74. The molecule has 2 heterocycles. The quantitative estimate of drug-likeness (QED) is 0.619. The Labute approximate surface area is 126 Å². The van der Waals surface area contributed by atoms with Gasteiger partial charge < -0.3 is 14.0 Å². The third-order valence-corrected chi connectivity index (χ3v) is 2.93. The van der Waals surface area contributed by atoms with Crippen LogP contribution in [0.5, 0.6) is 11.8 Å². The largest absolute Gasteiger partial charge is 0.468 e. The van der Waals surface area contributed by atoms with Crippen LogP contribution in [0, 0.1) is 5.92 Å². The van der Waals surface area contributed by atoms with Crippen LogP contribution in [0.2, 0.25) is 5.28 Å². The van der Waals surface area contributed by atoms with E-state index in [4.69, 9.17) is 25.6 Å². The van der Waals surface area contributed by atoms with Crippen LogP contribution in [0.25, 0.3) is 0 Å². The van der Waals surface area contributed by atoms with Crippen molar-refractivity contribution in [1.82, 2.24) is 15.1 Å². The van der Waals surface area contributed by atoms with Crippen molar-refractivity contribution in [2.75, 3.05) is 7.11 Å². The Balaban J connectivity index is 2.18. The molecule has 0 spiro atoms. The summed E-state index contributed by atoms with van der Waals surface area (Å²) in [7, 11) is 1.33. The lowest BCUT2D eigenvalue weighted by Gasteiger charge is -2.14. The maximum absolute atomic E-state index is 11.8. The number of carbonyl (C=O) groups excluding carboxylic acids is 1. The molecule has 0 fully saturated rings. The summed E-state index contributed by atoms with van der Waals surface area (Å²) in [6.45, 7) is 3.77. The molecule has 0 amide bonds. The smallest absolute Gasteiger partial charge is 0.316 e. The van der Waals surface area contributed by atoms with Crippen LogP contribution in [0.1, 0.15) is 25.5 Å². The zero-order valence-electron chi connectivity index (χ0n) is 11.7. The van der Waals surface area contributed by atoms with E-state index in [2.05, 4.69) is 15.1 Å². The van der Waals surface area contributed by atoms with Crippen molar-refractivity contribution < 1.29 is 18.8 Å². The summed E-state index contributed by atoms with van der Waals surface area (Å²) in [5.41, 5.74) is 0. The first-order valence-electron chi connectivity index (χ1n) is 6.22. The van der Waals surface area contributed by atoms with E-state index in [1.165, 1.54) is 25.4 Å². The number of esters is 1. The number of rotatable bonds is 5. The highest BCUT2D eigenvalue weighted by Crippen LogP contribution is 2.29. The number of halogens is 1. The fraction of sp³-hybridized carbons (Fsp3) is 0.385. The van der Waals surface area contributed by atoms with Gasteiger partial charge in [0.05, 0.1) is 7.11 Å². The van der Waals surface area contributed by atoms with Crippen molar-refractivity contribution in [2.45, 2.75) is 19.8 Å². The maximum atomic E-state index is 11.8. The topological polar surface area (TPSA) is 87.3 Å². The van der Waals surface area contributed by atoms with E-state index in [-0.39, 0.29) is 23.0 Å². The minimum atomic E-state index is -0.547. The second-order valence-electron chi connectivity index (χ2n) is 4.58. The van der Waals surface area contributed by atoms with E-state index in [9.17, 15) is 4.79 Å². The summed E-state index contributed by atoms with van der Waals surface area (Å²) in [5.74, 6) is -0.172. The van der Waals surface area contributed by atoms with E-state index in [0.717, 1.165) is 0 Å². The molecule has 1 unspecified atom stereocenters. The lowest BCUT2D eigenvalue weighted by Crippen LogP contribution is -2.18. The van der Waals surface area contributed by atoms with Gasteiger partial charge in [0.15, 0.2) is 5.76 Å². The fourth-order valence-electron chi connectivity index (χ4n) is 1.79. The lowest BCUT2D eigenvalue weighted by atomic mass is 9.93. The van der Waals surface area contributed by atoms with E-state index < -0.39 is 11.9 Å². The van der Waals surface area contributed by atoms with Crippen molar-refractivity contribution in [1.29, 1.82) is 0 Å². The molecule has 0 saturated carbocycles. The van der Waals surface area contributed by atoms with Crippen LogP contribution in [0.4, 0.5) is 0 Å². The van der Waals surface area contributed by atoms with Gasteiger partial charge in [-0.05, 0) is 22.7 Å². The Morgan fingerprint density at radius 3 is 2.76 bits per heavy atom. The highest BCUT2D eigenvalue weighted by Gasteiger charge is 2.29. The van der Waals surface area contributed by atoms with Crippen LogP contribution in [0.3, 0.4) is 0 Å². The Hall–Kier alpha value is -2.15. The second-order valence-corrected chi connectivity index (χ2v) is 4.92. The van der Waals surface area contributed by atoms with Crippen LogP contribution >= 0.6 is 11.6 Å². The molecular formula is C13H14ClN3O4. The van der Waals surface area contributed by atoms with Gasteiger partial charge in [-0.15, -0.1) is 0 Å².